The first-order valence-electron chi connectivity index (χ1n) is 8.36. The summed E-state index contributed by atoms with van der Waals surface area (Å²) in [6.07, 6.45) is 4.61. The molecule has 0 saturated heterocycles. The van der Waals surface area contributed by atoms with Gasteiger partial charge in [0.1, 0.15) is 23.7 Å². The third-order valence-electron chi connectivity index (χ3n) is 4.09. The Kier molecular flexibility index (Phi) is 3.97. The van der Waals surface area contributed by atoms with Crippen LogP contribution in [0, 0.1) is 0 Å². The smallest absolute Gasteiger partial charge is 0.272 e. The highest BCUT2D eigenvalue weighted by Gasteiger charge is 2.30. The number of nitrogens with zero attached hydrogens (tertiary/aromatic N) is 6. The van der Waals surface area contributed by atoms with Gasteiger partial charge in [0, 0.05) is 17.5 Å². The van der Waals surface area contributed by atoms with Crippen LogP contribution in [0.25, 0.3) is 17.0 Å². The average Bonchev–Trinajstić information content (AvgIpc) is 3.18. The summed E-state index contributed by atoms with van der Waals surface area (Å²) in [5.74, 6) is 1.31. The molecular formula is C18H18N6O. The van der Waals surface area contributed by atoms with Crippen LogP contribution in [0.3, 0.4) is 0 Å². The van der Waals surface area contributed by atoms with Gasteiger partial charge in [-0.1, -0.05) is 55.4 Å². The number of hydrogen-bond donors (Lipinski definition) is 0. The van der Waals surface area contributed by atoms with Crippen molar-refractivity contribution >= 4 is 11.5 Å². The molecule has 1 aliphatic rings. The lowest BCUT2D eigenvalue weighted by molar-refractivity contribution is 0.175. The first-order chi connectivity index (χ1) is 12.3. The Hall–Kier alpha value is -3.09. The molecule has 0 radical (unpaired) electrons. The van der Waals surface area contributed by atoms with E-state index in [0.717, 1.165) is 41.9 Å². The predicted octanol–water partition coefficient (Wildman–Crippen LogP) is 2.80. The molecule has 0 atom stereocenters. The first kappa shape index (κ1) is 15.4. The standard InChI is InChI=1S/C18H18N6O/c1-3-5-10-14-20-21-18-19-17-15(22-24(14)18)12-8-6-7-9-13(12)16(17)23-25-11-4-2/h4,6-9H,2-3,5,10-11H2,1H3/b23-16+. The van der Waals surface area contributed by atoms with Gasteiger partial charge in [0.25, 0.3) is 5.78 Å². The summed E-state index contributed by atoms with van der Waals surface area (Å²) in [6.45, 7) is 6.12. The largest absolute Gasteiger partial charge is 0.391 e. The highest BCUT2D eigenvalue weighted by Crippen LogP contribution is 2.34. The number of oxime groups is 1. The van der Waals surface area contributed by atoms with E-state index in [1.807, 2.05) is 24.3 Å². The molecule has 0 saturated carbocycles. The minimum atomic E-state index is 0.336. The maximum absolute atomic E-state index is 5.31. The third kappa shape index (κ3) is 2.57. The number of benzene rings is 1. The van der Waals surface area contributed by atoms with Crippen LogP contribution >= 0.6 is 0 Å². The highest BCUT2D eigenvalue weighted by molar-refractivity contribution is 6.22. The number of aryl methyl sites for hydroxylation is 1. The summed E-state index contributed by atoms with van der Waals surface area (Å²) in [6, 6.07) is 7.95. The van der Waals surface area contributed by atoms with E-state index < -0.39 is 0 Å². The van der Waals surface area contributed by atoms with Gasteiger partial charge in [0.2, 0.25) is 0 Å². The molecule has 0 unspecified atom stereocenters. The zero-order chi connectivity index (χ0) is 17.2. The molecular weight excluding hydrogens is 316 g/mol. The topological polar surface area (TPSA) is 77.6 Å². The molecule has 25 heavy (non-hydrogen) atoms. The van der Waals surface area contributed by atoms with E-state index in [1.54, 1.807) is 10.6 Å². The van der Waals surface area contributed by atoms with Crippen LogP contribution in [0.4, 0.5) is 0 Å². The van der Waals surface area contributed by atoms with Gasteiger partial charge in [0.15, 0.2) is 5.82 Å². The molecule has 0 spiro atoms. The van der Waals surface area contributed by atoms with Crippen molar-refractivity contribution in [3.8, 4) is 11.3 Å². The maximum Gasteiger partial charge on any atom is 0.272 e. The van der Waals surface area contributed by atoms with Crippen LogP contribution in [-0.2, 0) is 11.3 Å². The van der Waals surface area contributed by atoms with Crippen LogP contribution in [-0.4, -0.2) is 37.1 Å². The molecule has 2 aromatic heterocycles. The van der Waals surface area contributed by atoms with Gasteiger partial charge >= 0.3 is 0 Å². The Morgan fingerprint density at radius 3 is 2.84 bits per heavy atom. The minimum Gasteiger partial charge on any atom is -0.391 e. The zero-order valence-electron chi connectivity index (χ0n) is 14.0. The van der Waals surface area contributed by atoms with Crippen molar-refractivity contribution in [2.45, 2.75) is 26.2 Å². The molecule has 2 heterocycles. The van der Waals surface area contributed by atoms with Crippen molar-refractivity contribution in [1.82, 2.24) is 24.8 Å². The molecule has 1 aliphatic carbocycles. The molecule has 0 amide bonds. The predicted molar refractivity (Wildman–Crippen MR) is 94.4 cm³/mol. The van der Waals surface area contributed by atoms with Gasteiger partial charge in [-0.15, -0.1) is 10.2 Å². The second kappa shape index (κ2) is 6.43. The quantitative estimate of drug-likeness (QED) is 0.308. The molecule has 0 fully saturated rings. The van der Waals surface area contributed by atoms with Crippen molar-refractivity contribution < 1.29 is 4.84 Å². The Bertz CT molecular complexity index is 975. The average molecular weight is 334 g/mol. The third-order valence-corrected chi connectivity index (χ3v) is 4.09. The molecule has 0 N–H and O–H groups in total. The van der Waals surface area contributed by atoms with E-state index in [0.29, 0.717) is 23.8 Å². The van der Waals surface area contributed by atoms with Crippen molar-refractivity contribution in [3.05, 3.63) is 54.0 Å². The second-order valence-electron chi connectivity index (χ2n) is 5.81. The highest BCUT2D eigenvalue weighted by atomic mass is 16.6. The number of aromatic nitrogens is 5. The Labute approximate surface area is 145 Å². The zero-order valence-corrected chi connectivity index (χ0v) is 14.0. The van der Waals surface area contributed by atoms with Gasteiger partial charge < -0.3 is 4.84 Å². The minimum absolute atomic E-state index is 0.336. The molecule has 126 valence electrons. The summed E-state index contributed by atoms with van der Waals surface area (Å²) < 4.78 is 1.73. The van der Waals surface area contributed by atoms with Gasteiger partial charge in [-0.25, -0.2) is 4.98 Å². The summed E-state index contributed by atoms with van der Waals surface area (Å²) in [5.41, 5.74) is 4.07. The number of hydrogen-bond acceptors (Lipinski definition) is 6. The van der Waals surface area contributed by atoms with Crippen molar-refractivity contribution in [3.63, 3.8) is 0 Å². The fourth-order valence-corrected chi connectivity index (χ4v) is 2.88. The summed E-state index contributed by atoms with van der Waals surface area (Å²) >= 11 is 0. The summed E-state index contributed by atoms with van der Waals surface area (Å²) in [4.78, 5) is 9.96. The lowest BCUT2D eigenvalue weighted by Crippen LogP contribution is -2.07. The molecule has 4 rings (SSSR count). The van der Waals surface area contributed by atoms with E-state index in [4.69, 9.17) is 9.94 Å². The van der Waals surface area contributed by atoms with E-state index in [9.17, 15) is 0 Å². The number of unbranched alkanes of at least 4 members (excludes halogenated alkanes) is 1. The molecule has 7 nitrogen and oxygen atoms in total. The van der Waals surface area contributed by atoms with E-state index in [1.165, 1.54) is 0 Å². The monoisotopic (exact) mass is 334 g/mol. The van der Waals surface area contributed by atoms with Gasteiger partial charge in [-0.05, 0) is 6.42 Å². The normalized spacial score (nSPS) is 13.9. The summed E-state index contributed by atoms with van der Waals surface area (Å²) in [5, 5.41) is 17.4. The fourth-order valence-electron chi connectivity index (χ4n) is 2.88. The Morgan fingerprint density at radius 1 is 1.20 bits per heavy atom. The Morgan fingerprint density at radius 2 is 2.04 bits per heavy atom. The fraction of sp³-hybridized carbons (Fsp3) is 0.278. The van der Waals surface area contributed by atoms with Crippen molar-refractivity contribution in [2.24, 2.45) is 5.16 Å². The Balaban J connectivity index is 1.87. The van der Waals surface area contributed by atoms with Crippen LogP contribution in [0.2, 0.25) is 0 Å². The van der Waals surface area contributed by atoms with Crippen LogP contribution in [0.5, 0.6) is 0 Å². The van der Waals surface area contributed by atoms with E-state index >= 15 is 0 Å². The first-order valence-corrected chi connectivity index (χ1v) is 8.36. The van der Waals surface area contributed by atoms with E-state index in [-0.39, 0.29) is 0 Å². The van der Waals surface area contributed by atoms with Gasteiger partial charge in [-0.2, -0.15) is 9.61 Å². The SMILES string of the molecule is C=CCO/N=C1\c2ccccc2-c2nn3c(CCCC)nnc3nc21. The van der Waals surface area contributed by atoms with Crippen LogP contribution < -0.4 is 0 Å². The molecule has 0 bridgehead atoms. The van der Waals surface area contributed by atoms with Gasteiger partial charge in [-0.3, -0.25) is 0 Å². The van der Waals surface area contributed by atoms with E-state index in [2.05, 4.69) is 33.8 Å². The number of fused-ring (bicyclic) bond motifs is 4. The number of rotatable bonds is 6. The molecule has 7 heteroatoms. The second-order valence-corrected chi connectivity index (χ2v) is 5.81. The lowest BCUT2D eigenvalue weighted by atomic mass is 10.1. The summed E-state index contributed by atoms with van der Waals surface area (Å²) in [7, 11) is 0. The molecule has 1 aromatic carbocycles. The lowest BCUT2D eigenvalue weighted by Gasteiger charge is -2.02. The van der Waals surface area contributed by atoms with Crippen molar-refractivity contribution in [2.75, 3.05) is 6.61 Å². The van der Waals surface area contributed by atoms with Crippen LogP contribution in [0.15, 0.2) is 42.1 Å². The maximum atomic E-state index is 5.31. The van der Waals surface area contributed by atoms with Gasteiger partial charge in [0.05, 0.1) is 0 Å². The molecule has 0 aliphatic heterocycles. The molecule has 3 aromatic rings. The van der Waals surface area contributed by atoms with Crippen LogP contribution in [0.1, 0.15) is 36.8 Å². The van der Waals surface area contributed by atoms with Crippen molar-refractivity contribution in [1.29, 1.82) is 0 Å².